The summed E-state index contributed by atoms with van der Waals surface area (Å²) in [7, 11) is -3.36. The molecule has 0 N–H and O–H groups in total. The summed E-state index contributed by atoms with van der Waals surface area (Å²) in [6.07, 6.45) is 0. The fraction of sp³-hybridized carbons (Fsp3) is 0.278. The number of nitrogens with zero attached hydrogens (tertiary/aromatic N) is 2. The summed E-state index contributed by atoms with van der Waals surface area (Å²) < 4.78 is 27.6. The lowest BCUT2D eigenvalue weighted by atomic mass is 10.2. The van der Waals surface area contributed by atoms with Gasteiger partial charge in [-0.3, -0.25) is 4.79 Å². The molecule has 0 spiro atoms. The lowest BCUT2D eigenvalue weighted by molar-refractivity contribution is 0.0697. The second-order valence-corrected chi connectivity index (χ2v) is 9.16. The Morgan fingerprint density at radius 2 is 1.64 bits per heavy atom. The molecule has 25 heavy (non-hydrogen) atoms. The third-order valence-electron chi connectivity index (χ3n) is 4.18. The third kappa shape index (κ3) is 4.59. The van der Waals surface area contributed by atoms with Crippen LogP contribution in [-0.2, 0) is 15.8 Å². The van der Waals surface area contributed by atoms with E-state index in [1.165, 1.54) is 4.31 Å². The highest BCUT2D eigenvalue weighted by Crippen LogP contribution is 2.16. The largest absolute Gasteiger partial charge is 0.336 e. The average molecular weight is 470 g/mol. The van der Waals surface area contributed by atoms with Crippen LogP contribution in [0, 0.1) is 3.57 Å². The van der Waals surface area contributed by atoms with Crippen molar-refractivity contribution < 1.29 is 13.2 Å². The first-order chi connectivity index (χ1) is 12.0. The van der Waals surface area contributed by atoms with Gasteiger partial charge in [-0.1, -0.05) is 36.4 Å². The minimum atomic E-state index is -3.36. The van der Waals surface area contributed by atoms with E-state index in [1.807, 2.05) is 48.5 Å². The number of halogens is 1. The van der Waals surface area contributed by atoms with E-state index in [9.17, 15) is 13.2 Å². The van der Waals surface area contributed by atoms with Gasteiger partial charge in [0.15, 0.2) is 0 Å². The molecule has 0 atom stereocenters. The molecule has 1 fully saturated rings. The number of sulfonamides is 1. The van der Waals surface area contributed by atoms with E-state index < -0.39 is 10.0 Å². The molecular formula is C18H19IN2O3S. The number of amides is 1. The monoisotopic (exact) mass is 470 g/mol. The molecule has 1 aliphatic rings. The second-order valence-electron chi connectivity index (χ2n) is 5.94. The van der Waals surface area contributed by atoms with Gasteiger partial charge in [-0.05, 0) is 46.4 Å². The number of carbonyl (C=O) groups excluding carboxylic acids is 1. The predicted octanol–water partition coefficient (Wildman–Crippen LogP) is 2.58. The van der Waals surface area contributed by atoms with Crippen molar-refractivity contribution in [3.05, 3.63) is 69.3 Å². The summed E-state index contributed by atoms with van der Waals surface area (Å²) in [5.74, 6) is -0.0443. The Bertz CT molecular complexity index is 848. The van der Waals surface area contributed by atoms with Crippen LogP contribution in [0.5, 0.6) is 0 Å². The van der Waals surface area contributed by atoms with Gasteiger partial charge in [0.05, 0.1) is 5.75 Å². The van der Waals surface area contributed by atoms with Crippen molar-refractivity contribution in [2.75, 3.05) is 26.2 Å². The standard InChI is InChI=1S/C18H19IN2O3S/c19-17-8-4-7-16(13-17)18(22)20-9-11-21(12-10-20)25(23,24)14-15-5-2-1-3-6-15/h1-8,13H,9-12,14H2. The van der Waals surface area contributed by atoms with Gasteiger partial charge in [-0.25, -0.2) is 8.42 Å². The number of hydrogen-bond donors (Lipinski definition) is 0. The molecule has 0 bridgehead atoms. The number of piperazine rings is 1. The minimum absolute atomic E-state index is 0.00132. The van der Waals surface area contributed by atoms with Gasteiger partial charge in [0.25, 0.3) is 5.91 Å². The normalized spacial score (nSPS) is 16.0. The van der Waals surface area contributed by atoms with Crippen molar-refractivity contribution in [1.29, 1.82) is 0 Å². The van der Waals surface area contributed by atoms with Gasteiger partial charge < -0.3 is 4.90 Å². The molecule has 1 aliphatic heterocycles. The van der Waals surface area contributed by atoms with E-state index in [0.717, 1.165) is 9.13 Å². The molecule has 1 saturated heterocycles. The fourth-order valence-electron chi connectivity index (χ4n) is 2.85. The predicted molar refractivity (Wildman–Crippen MR) is 106 cm³/mol. The molecule has 0 saturated carbocycles. The van der Waals surface area contributed by atoms with Crippen molar-refractivity contribution in [3.63, 3.8) is 0 Å². The quantitative estimate of drug-likeness (QED) is 0.646. The summed E-state index contributed by atoms with van der Waals surface area (Å²) >= 11 is 2.18. The van der Waals surface area contributed by atoms with Crippen LogP contribution < -0.4 is 0 Å². The zero-order chi connectivity index (χ0) is 17.9. The smallest absolute Gasteiger partial charge is 0.253 e. The maximum Gasteiger partial charge on any atom is 0.253 e. The van der Waals surface area contributed by atoms with Crippen LogP contribution in [0.2, 0.25) is 0 Å². The third-order valence-corrected chi connectivity index (χ3v) is 6.70. The Balaban J connectivity index is 1.62. The molecule has 7 heteroatoms. The zero-order valence-electron chi connectivity index (χ0n) is 13.6. The highest BCUT2D eigenvalue weighted by Gasteiger charge is 2.29. The molecule has 0 aromatic heterocycles. The molecule has 2 aromatic carbocycles. The lowest BCUT2D eigenvalue weighted by Crippen LogP contribution is -2.50. The Labute approximate surface area is 161 Å². The number of benzene rings is 2. The highest BCUT2D eigenvalue weighted by atomic mass is 127. The first-order valence-corrected chi connectivity index (χ1v) is 10.7. The summed E-state index contributed by atoms with van der Waals surface area (Å²) in [6.45, 7) is 1.51. The molecular weight excluding hydrogens is 451 g/mol. The molecule has 3 rings (SSSR count). The Morgan fingerprint density at radius 1 is 0.960 bits per heavy atom. The second kappa shape index (κ2) is 7.84. The summed E-state index contributed by atoms with van der Waals surface area (Å²) in [4.78, 5) is 14.3. The van der Waals surface area contributed by atoms with Crippen LogP contribution in [0.3, 0.4) is 0 Å². The summed E-state index contributed by atoms with van der Waals surface area (Å²) in [5, 5.41) is 0. The molecule has 5 nitrogen and oxygen atoms in total. The van der Waals surface area contributed by atoms with Gasteiger partial charge in [0, 0.05) is 35.3 Å². The van der Waals surface area contributed by atoms with E-state index in [2.05, 4.69) is 22.6 Å². The van der Waals surface area contributed by atoms with Gasteiger partial charge in [0.2, 0.25) is 10.0 Å². The molecule has 0 aliphatic carbocycles. The van der Waals surface area contributed by atoms with Gasteiger partial charge in [-0.2, -0.15) is 4.31 Å². The van der Waals surface area contributed by atoms with Crippen LogP contribution in [-0.4, -0.2) is 49.7 Å². The van der Waals surface area contributed by atoms with Gasteiger partial charge >= 0.3 is 0 Å². The van der Waals surface area contributed by atoms with E-state index in [0.29, 0.717) is 31.7 Å². The minimum Gasteiger partial charge on any atom is -0.336 e. The summed E-state index contributed by atoms with van der Waals surface area (Å²) in [6, 6.07) is 16.6. The number of rotatable bonds is 4. The number of hydrogen-bond acceptors (Lipinski definition) is 3. The summed E-state index contributed by atoms with van der Waals surface area (Å²) in [5.41, 5.74) is 1.42. The maximum atomic E-state index is 12.6. The van der Waals surface area contributed by atoms with Gasteiger partial charge in [-0.15, -0.1) is 0 Å². The molecule has 0 unspecified atom stereocenters. The fourth-order valence-corrected chi connectivity index (χ4v) is 4.91. The topological polar surface area (TPSA) is 57.7 Å². The van der Waals surface area contributed by atoms with Crippen LogP contribution >= 0.6 is 22.6 Å². The average Bonchev–Trinajstić information content (AvgIpc) is 2.62. The first kappa shape index (κ1) is 18.3. The van der Waals surface area contributed by atoms with Crippen molar-refractivity contribution in [3.8, 4) is 0 Å². The van der Waals surface area contributed by atoms with E-state index >= 15 is 0 Å². The van der Waals surface area contributed by atoms with Crippen molar-refractivity contribution in [2.45, 2.75) is 5.75 Å². The molecule has 0 radical (unpaired) electrons. The zero-order valence-corrected chi connectivity index (χ0v) is 16.6. The molecule has 1 amide bonds. The SMILES string of the molecule is O=C(c1cccc(I)c1)N1CCN(S(=O)(=O)Cc2ccccc2)CC1. The number of carbonyl (C=O) groups is 1. The maximum absolute atomic E-state index is 12.6. The van der Waals surface area contributed by atoms with Crippen LogP contribution in [0.25, 0.3) is 0 Å². The first-order valence-electron chi connectivity index (χ1n) is 8.02. The van der Waals surface area contributed by atoms with Crippen LogP contribution in [0.1, 0.15) is 15.9 Å². The Kier molecular flexibility index (Phi) is 5.75. The van der Waals surface area contributed by atoms with E-state index in [1.54, 1.807) is 11.0 Å². The van der Waals surface area contributed by atoms with Gasteiger partial charge in [0.1, 0.15) is 0 Å². The van der Waals surface area contributed by atoms with Crippen LogP contribution in [0.4, 0.5) is 0 Å². The molecule has 2 aromatic rings. The van der Waals surface area contributed by atoms with Crippen molar-refractivity contribution in [1.82, 2.24) is 9.21 Å². The van der Waals surface area contributed by atoms with Crippen molar-refractivity contribution >= 4 is 38.5 Å². The Morgan fingerprint density at radius 3 is 2.28 bits per heavy atom. The molecule has 1 heterocycles. The lowest BCUT2D eigenvalue weighted by Gasteiger charge is -2.34. The van der Waals surface area contributed by atoms with Crippen LogP contribution in [0.15, 0.2) is 54.6 Å². The van der Waals surface area contributed by atoms with Crippen molar-refractivity contribution in [2.24, 2.45) is 0 Å². The highest BCUT2D eigenvalue weighted by molar-refractivity contribution is 14.1. The van der Waals surface area contributed by atoms with E-state index in [4.69, 9.17) is 0 Å². The van der Waals surface area contributed by atoms with E-state index in [-0.39, 0.29) is 11.7 Å². The Hall–Kier alpha value is -1.45. The molecule has 132 valence electrons.